The molecule has 1 aromatic rings. The SMILES string of the molecule is O=S(c1ccc(I)cc1)N1CCOCC1. The van der Waals surface area contributed by atoms with E-state index in [1.54, 1.807) is 0 Å². The Morgan fingerprint density at radius 1 is 1.20 bits per heavy atom. The lowest BCUT2D eigenvalue weighted by Gasteiger charge is -2.25. The molecule has 0 saturated carbocycles. The zero-order valence-corrected chi connectivity index (χ0v) is 11.2. The van der Waals surface area contributed by atoms with Gasteiger partial charge in [-0.15, -0.1) is 0 Å². The second-order valence-corrected chi connectivity index (χ2v) is 5.98. The van der Waals surface area contributed by atoms with Crippen molar-refractivity contribution in [2.75, 3.05) is 26.3 Å². The molecular formula is C10H12INO2S. The molecule has 1 aliphatic rings. The molecule has 0 amide bonds. The molecule has 0 N–H and O–H groups in total. The van der Waals surface area contributed by atoms with Crippen molar-refractivity contribution in [1.82, 2.24) is 4.31 Å². The van der Waals surface area contributed by atoms with Crippen LogP contribution in [-0.2, 0) is 15.7 Å². The molecule has 1 aliphatic heterocycles. The van der Waals surface area contributed by atoms with E-state index >= 15 is 0 Å². The molecule has 82 valence electrons. The van der Waals surface area contributed by atoms with Gasteiger partial charge in [0.15, 0.2) is 0 Å². The highest BCUT2D eigenvalue weighted by Gasteiger charge is 2.17. The molecule has 0 radical (unpaired) electrons. The number of morpholine rings is 1. The number of hydrogen-bond donors (Lipinski definition) is 0. The number of halogens is 1. The Hall–Kier alpha value is 0.0200. The van der Waals surface area contributed by atoms with Crippen LogP contribution in [0.2, 0.25) is 0 Å². The van der Waals surface area contributed by atoms with Gasteiger partial charge in [0, 0.05) is 16.7 Å². The van der Waals surface area contributed by atoms with Gasteiger partial charge in [-0.1, -0.05) is 0 Å². The largest absolute Gasteiger partial charge is 0.379 e. The van der Waals surface area contributed by atoms with Crippen LogP contribution in [0.15, 0.2) is 29.2 Å². The first-order valence-electron chi connectivity index (χ1n) is 4.77. The topological polar surface area (TPSA) is 29.5 Å². The predicted octanol–water partition coefficient (Wildman–Crippen LogP) is 1.65. The van der Waals surface area contributed by atoms with Crippen LogP contribution in [0.25, 0.3) is 0 Å². The zero-order valence-electron chi connectivity index (χ0n) is 8.19. The van der Waals surface area contributed by atoms with Crippen LogP contribution >= 0.6 is 22.6 Å². The van der Waals surface area contributed by atoms with E-state index in [2.05, 4.69) is 22.6 Å². The summed E-state index contributed by atoms with van der Waals surface area (Å²) in [5, 5.41) is 0. The average Bonchev–Trinajstić information content (AvgIpc) is 2.30. The van der Waals surface area contributed by atoms with Gasteiger partial charge in [0.05, 0.1) is 18.1 Å². The molecule has 1 aromatic carbocycles. The molecule has 0 spiro atoms. The van der Waals surface area contributed by atoms with Gasteiger partial charge in [0.25, 0.3) is 0 Å². The molecular weight excluding hydrogens is 325 g/mol. The van der Waals surface area contributed by atoms with E-state index in [9.17, 15) is 4.21 Å². The first-order chi connectivity index (χ1) is 7.27. The molecule has 5 heteroatoms. The molecule has 15 heavy (non-hydrogen) atoms. The third-order valence-electron chi connectivity index (χ3n) is 2.22. The Morgan fingerprint density at radius 2 is 1.80 bits per heavy atom. The standard InChI is InChI=1S/C10H12INO2S/c11-9-1-3-10(4-2-9)15(13)12-5-7-14-8-6-12/h1-4H,5-8H2. The van der Waals surface area contributed by atoms with Crippen LogP contribution < -0.4 is 0 Å². The van der Waals surface area contributed by atoms with Crippen LogP contribution in [0.1, 0.15) is 0 Å². The summed E-state index contributed by atoms with van der Waals surface area (Å²) in [6.07, 6.45) is 0. The summed E-state index contributed by atoms with van der Waals surface area (Å²) in [4.78, 5) is 0.873. The van der Waals surface area contributed by atoms with Gasteiger partial charge in [-0.2, -0.15) is 0 Å². The normalized spacial score (nSPS) is 20.1. The molecule has 0 aromatic heterocycles. The number of ether oxygens (including phenoxy) is 1. The Bertz CT molecular complexity index is 349. The van der Waals surface area contributed by atoms with Gasteiger partial charge in [0.2, 0.25) is 0 Å². The molecule has 1 saturated heterocycles. The van der Waals surface area contributed by atoms with Crippen LogP contribution in [0.5, 0.6) is 0 Å². The third kappa shape index (κ3) is 2.99. The van der Waals surface area contributed by atoms with Crippen LogP contribution in [0, 0.1) is 3.57 Å². The summed E-state index contributed by atoms with van der Waals surface area (Å²) in [5.74, 6) is 0. The molecule has 1 heterocycles. The second kappa shape index (κ2) is 5.38. The zero-order chi connectivity index (χ0) is 10.7. The van der Waals surface area contributed by atoms with Gasteiger partial charge in [0.1, 0.15) is 11.0 Å². The first-order valence-corrected chi connectivity index (χ1v) is 6.96. The van der Waals surface area contributed by atoms with Crippen molar-refractivity contribution < 1.29 is 8.95 Å². The lowest BCUT2D eigenvalue weighted by molar-refractivity contribution is 0.0752. The van der Waals surface area contributed by atoms with Crippen molar-refractivity contribution in [3.05, 3.63) is 27.8 Å². The van der Waals surface area contributed by atoms with Crippen molar-refractivity contribution >= 4 is 33.6 Å². The number of hydrogen-bond acceptors (Lipinski definition) is 2. The van der Waals surface area contributed by atoms with Crippen molar-refractivity contribution in [2.45, 2.75) is 4.90 Å². The fourth-order valence-corrected chi connectivity index (χ4v) is 2.92. The molecule has 1 unspecified atom stereocenters. The quantitative estimate of drug-likeness (QED) is 0.768. The fourth-order valence-electron chi connectivity index (χ4n) is 1.41. The maximum absolute atomic E-state index is 12.1. The minimum absolute atomic E-state index is 0.677. The lowest BCUT2D eigenvalue weighted by Crippen LogP contribution is -2.37. The van der Waals surface area contributed by atoms with Crippen molar-refractivity contribution in [1.29, 1.82) is 0 Å². The van der Waals surface area contributed by atoms with Gasteiger partial charge >= 0.3 is 0 Å². The van der Waals surface area contributed by atoms with E-state index in [0.29, 0.717) is 13.2 Å². The van der Waals surface area contributed by atoms with E-state index in [4.69, 9.17) is 4.74 Å². The summed E-state index contributed by atoms with van der Waals surface area (Å²) in [6.45, 7) is 2.85. The monoisotopic (exact) mass is 337 g/mol. The number of nitrogens with zero attached hydrogens (tertiary/aromatic N) is 1. The summed E-state index contributed by atoms with van der Waals surface area (Å²) >= 11 is 2.24. The maximum Gasteiger partial charge on any atom is 0.127 e. The summed E-state index contributed by atoms with van der Waals surface area (Å²) in [5.41, 5.74) is 0. The number of benzene rings is 1. The average molecular weight is 337 g/mol. The molecule has 0 bridgehead atoms. The minimum atomic E-state index is -1.03. The van der Waals surface area contributed by atoms with E-state index in [-0.39, 0.29) is 0 Å². The molecule has 1 atom stereocenters. The van der Waals surface area contributed by atoms with Gasteiger partial charge in [-0.05, 0) is 46.9 Å². The summed E-state index contributed by atoms with van der Waals surface area (Å²) in [7, 11) is -1.03. The van der Waals surface area contributed by atoms with Gasteiger partial charge in [-0.25, -0.2) is 8.51 Å². The van der Waals surface area contributed by atoms with E-state index in [1.165, 1.54) is 0 Å². The highest BCUT2D eigenvalue weighted by Crippen LogP contribution is 2.14. The smallest absolute Gasteiger partial charge is 0.127 e. The fraction of sp³-hybridized carbons (Fsp3) is 0.400. The summed E-state index contributed by atoms with van der Waals surface area (Å²) < 4.78 is 20.4. The van der Waals surface area contributed by atoms with Crippen LogP contribution in [0.4, 0.5) is 0 Å². The van der Waals surface area contributed by atoms with Crippen molar-refractivity contribution in [2.24, 2.45) is 0 Å². The van der Waals surface area contributed by atoms with E-state index in [0.717, 1.165) is 21.6 Å². The maximum atomic E-state index is 12.1. The Morgan fingerprint density at radius 3 is 2.40 bits per heavy atom. The van der Waals surface area contributed by atoms with Crippen molar-refractivity contribution in [3.8, 4) is 0 Å². The van der Waals surface area contributed by atoms with Gasteiger partial charge in [-0.3, -0.25) is 0 Å². The van der Waals surface area contributed by atoms with Crippen LogP contribution in [-0.4, -0.2) is 34.8 Å². The number of rotatable bonds is 2. The lowest BCUT2D eigenvalue weighted by atomic mass is 10.4. The molecule has 0 aliphatic carbocycles. The highest BCUT2D eigenvalue weighted by molar-refractivity contribution is 14.1. The molecule has 1 fully saturated rings. The first kappa shape index (κ1) is 11.5. The second-order valence-electron chi connectivity index (χ2n) is 3.24. The Balaban J connectivity index is 2.09. The summed E-state index contributed by atoms with van der Waals surface area (Å²) in [6, 6.07) is 7.81. The Labute approximate surface area is 106 Å². The van der Waals surface area contributed by atoms with E-state index < -0.39 is 11.0 Å². The molecule has 2 rings (SSSR count). The van der Waals surface area contributed by atoms with E-state index in [1.807, 2.05) is 28.6 Å². The highest BCUT2D eigenvalue weighted by atomic mass is 127. The third-order valence-corrected chi connectivity index (χ3v) is 4.45. The predicted molar refractivity (Wildman–Crippen MR) is 68.0 cm³/mol. The molecule has 3 nitrogen and oxygen atoms in total. The van der Waals surface area contributed by atoms with Crippen molar-refractivity contribution in [3.63, 3.8) is 0 Å². The minimum Gasteiger partial charge on any atom is -0.379 e. The van der Waals surface area contributed by atoms with Gasteiger partial charge < -0.3 is 4.74 Å². The van der Waals surface area contributed by atoms with Crippen LogP contribution in [0.3, 0.4) is 0 Å². The Kier molecular flexibility index (Phi) is 4.13.